The second-order valence-electron chi connectivity index (χ2n) is 2.43. The van der Waals surface area contributed by atoms with Crippen LogP contribution in [0.25, 0.3) is 0 Å². The minimum atomic E-state index is -0.775. The average Bonchev–Trinajstić information content (AvgIpc) is 2.04. The number of hydrogen-bond donors (Lipinski definition) is 1. The lowest BCUT2D eigenvalue weighted by Gasteiger charge is -2.08. The summed E-state index contributed by atoms with van der Waals surface area (Å²) in [5, 5.41) is 9.17. The summed E-state index contributed by atoms with van der Waals surface area (Å²) in [5.41, 5.74) is 0.359. The lowest BCUT2D eigenvalue weighted by atomic mass is 10.2. The molecule has 1 rings (SSSR count). The zero-order chi connectivity index (χ0) is 9.14. The Balaban J connectivity index is 3.12. The number of aliphatic hydroxyl groups is 1. The third kappa shape index (κ3) is 1.71. The summed E-state index contributed by atoms with van der Waals surface area (Å²) in [7, 11) is 1.42. The average molecular weight is 171 g/mol. The molecule has 0 fully saturated rings. The Bertz CT molecular complexity index is 276. The summed E-state index contributed by atoms with van der Waals surface area (Å²) in [6.07, 6.45) is 0.271. The van der Waals surface area contributed by atoms with Gasteiger partial charge in [0.1, 0.15) is 5.82 Å². The molecule has 0 aromatic carbocycles. The van der Waals surface area contributed by atoms with E-state index in [1.54, 1.807) is 0 Å². The summed E-state index contributed by atoms with van der Waals surface area (Å²) in [5.74, 6) is -0.224. The molecule has 4 heteroatoms. The van der Waals surface area contributed by atoms with Crippen LogP contribution in [0, 0.1) is 5.82 Å². The fourth-order valence-corrected chi connectivity index (χ4v) is 0.912. The van der Waals surface area contributed by atoms with Crippen LogP contribution in [-0.2, 0) is 0 Å². The van der Waals surface area contributed by atoms with Crippen LogP contribution >= 0.6 is 0 Å². The Morgan fingerprint density at radius 1 is 1.67 bits per heavy atom. The van der Waals surface area contributed by atoms with E-state index in [9.17, 15) is 9.50 Å². The molecule has 0 bridgehead atoms. The first kappa shape index (κ1) is 8.93. The van der Waals surface area contributed by atoms with Crippen molar-refractivity contribution in [3.63, 3.8) is 0 Å². The second kappa shape index (κ2) is 3.49. The minimum Gasteiger partial charge on any atom is -0.481 e. The molecule has 66 valence electrons. The molecule has 1 atom stereocenters. The predicted octanol–water partition coefficient (Wildman–Crippen LogP) is 1.28. The van der Waals surface area contributed by atoms with Crippen molar-refractivity contribution in [3.05, 3.63) is 23.6 Å². The number of nitrogens with zero attached hydrogens (tertiary/aromatic N) is 1. The van der Waals surface area contributed by atoms with Crippen molar-refractivity contribution in [1.82, 2.24) is 4.98 Å². The summed E-state index contributed by atoms with van der Waals surface area (Å²) >= 11 is 0. The lowest BCUT2D eigenvalue weighted by molar-refractivity contribution is 0.192. The molecule has 12 heavy (non-hydrogen) atoms. The van der Waals surface area contributed by atoms with Crippen LogP contribution in [0.15, 0.2) is 12.3 Å². The van der Waals surface area contributed by atoms with Crippen LogP contribution in [0.1, 0.15) is 18.6 Å². The predicted molar refractivity (Wildman–Crippen MR) is 41.4 cm³/mol. The van der Waals surface area contributed by atoms with Gasteiger partial charge in [0, 0.05) is 5.56 Å². The van der Waals surface area contributed by atoms with E-state index in [1.807, 2.05) is 0 Å². The molecule has 1 N–H and O–H groups in total. The van der Waals surface area contributed by atoms with Crippen molar-refractivity contribution < 1.29 is 14.2 Å². The van der Waals surface area contributed by atoms with Gasteiger partial charge in [0.15, 0.2) is 0 Å². The Morgan fingerprint density at radius 3 is 2.83 bits per heavy atom. The van der Waals surface area contributed by atoms with Gasteiger partial charge in [0.2, 0.25) is 5.88 Å². The van der Waals surface area contributed by atoms with Gasteiger partial charge in [-0.15, -0.1) is 0 Å². The fourth-order valence-electron chi connectivity index (χ4n) is 0.912. The SMILES string of the molecule is COc1ncc(F)cc1[C@H](C)O. The summed E-state index contributed by atoms with van der Waals surface area (Å²) in [4.78, 5) is 3.66. The number of rotatable bonds is 2. The number of ether oxygens (including phenoxy) is 1. The largest absolute Gasteiger partial charge is 0.481 e. The number of hydrogen-bond acceptors (Lipinski definition) is 3. The van der Waals surface area contributed by atoms with Gasteiger partial charge in [-0.25, -0.2) is 9.37 Å². The third-order valence-electron chi connectivity index (χ3n) is 1.49. The van der Waals surface area contributed by atoms with Gasteiger partial charge in [-0.3, -0.25) is 0 Å². The van der Waals surface area contributed by atoms with Gasteiger partial charge in [-0.2, -0.15) is 0 Å². The minimum absolute atomic E-state index is 0.256. The standard InChI is InChI=1S/C8H10FNO2/c1-5(11)7-3-6(9)4-10-8(7)12-2/h3-5,11H,1-2H3/t5-/m0/s1. The molecule has 0 aliphatic carbocycles. The highest BCUT2D eigenvalue weighted by atomic mass is 19.1. The molecule has 0 saturated carbocycles. The van der Waals surface area contributed by atoms with Gasteiger partial charge in [-0.05, 0) is 13.0 Å². The molecule has 0 unspecified atom stereocenters. The maximum Gasteiger partial charge on any atom is 0.219 e. The smallest absolute Gasteiger partial charge is 0.219 e. The van der Waals surface area contributed by atoms with E-state index in [-0.39, 0.29) is 5.88 Å². The molecule has 0 aliphatic heterocycles. The van der Waals surface area contributed by atoms with E-state index in [0.717, 1.165) is 6.20 Å². The summed E-state index contributed by atoms with van der Waals surface area (Å²) < 4.78 is 17.4. The maximum absolute atomic E-state index is 12.6. The Kier molecular flexibility index (Phi) is 2.60. The van der Waals surface area contributed by atoms with Crippen molar-refractivity contribution in [3.8, 4) is 5.88 Å². The van der Waals surface area contributed by atoms with Crippen LogP contribution in [0.2, 0.25) is 0 Å². The lowest BCUT2D eigenvalue weighted by Crippen LogP contribution is -1.99. The van der Waals surface area contributed by atoms with E-state index >= 15 is 0 Å². The molecule has 1 aromatic rings. The first-order valence-corrected chi connectivity index (χ1v) is 3.52. The molecule has 1 aromatic heterocycles. The van der Waals surface area contributed by atoms with Crippen molar-refractivity contribution >= 4 is 0 Å². The number of methoxy groups -OCH3 is 1. The Hall–Kier alpha value is -1.16. The monoisotopic (exact) mass is 171 g/mol. The number of aromatic nitrogens is 1. The van der Waals surface area contributed by atoms with Gasteiger partial charge in [0.25, 0.3) is 0 Å². The first-order chi connectivity index (χ1) is 5.65. The molecule has 0 radical (unpaired) electrons. The summed E-state index contributed by atoms with van der Waals surface area (Å²) in [6.45, 7) is 1.53. The van der Waals surface area contributed by atoms with E-state index < -0.39 is 11.9 Å². The zero-order valence-electron chi connectivity index (χ0n) is 6.91. The van der Waals surface area contributed by atoms with Crippen LogP contribution in [0.4, 0.5) is 4.39 Å². The van der Waals surface area contributed by atoms with Crippen molar-refractivity contribution in [2.45, 2.75) is 13.0 Å². The van der Waals surface area contributed by atoms with Crippen LogP contribution in [0.3, 0.4) is 0 Å². The summed E-state index contributed by atoms with van der Waals surface area (Å²) in [6, 6.07) is 1.20. The van der Waals surface area contributed by atoms with Crippen molar-refractivity contribution in [2.75, 3.05) is 7.11 Å². The van der Waals surface area contributed by atoms with Crippen LogP contribution in [0.5, 0.6) is 5.88 Å². The van der Waals surface area contributed by atoms with Gasteiger partial charge < -0.3 is 9.84 Å². The van der Waals surface area contributed by atoms with E-state index in [4.69, 9.17) is 4.74 Å². The highest BCUT2D eigenvalue weighted by Crippen LogP contribution is 2.22. The Morgan fingerprint density at radius 2 is 2.33 bits per heavy atom. The number of aliphatic hydroxyl groups excluding tert-OH is 1. The Labute approximate surface area is 69.8 Å². The van der Waals surface area contributed by atoms with Crippen LogP contribution in [-0.4, -0.2) is 17.2 Å². The van der Waals surface area contributed by atoms with E-state index in [0.29, 0.717) is 5.56 Å². The molecule has 0 amide bonds. The molecule has 3 nitrogen and oxygen atoms in total. The second-order valence-corrected chi connectivity index (χ2v) is 2.43. The fraction of sp³-hybridized carbons (Fsp3) is 0.375. The highest BCUT2D eigenvalue weighted by Gasteiger charge is 2.10. The van der Waals surface area contributed by atoms with Gasteiger partial charge >= 0.3 is 0 Å². The third-order valence-corrected chi connectivity index (χ3v) is 1.49. The number of pyridine rings is 1. The molecular formula is C8H10FNO2. The quantitative estimate of drug-likeness (QED) is 0.728. The topological polar surface area (TPSA) is 42.4 Å². The molecule has 0 aliphatic rings. The molecule has 0 saturated heterocycles. The van der Waals surface area contributed by atoms with Gasteiger partial charge in [0.05, 0.1) is 19.4 Å². The van der Waals surface area contributed by atoms with E-state index in [2.05, 4.69) is 4.98 Å². The first-order valence-electron chi connectivity index (χ1n) is 3.52. The maximum atomic E-state index is 12.6. The molecular weight excluding hydrogens is 161 g/mol. The zero-order valence-corrected chi connectivity index (χ0v) is 6.91. The van der Waals surface area contributed by atoms with Crippen molar-refractivity contribution in [2.24, 2.45) is 0 Å². The van der Waals surface area contributed by atoms with Gasteiger partial charge in [-0.1, -0.05) is 0 Å². The number of halogens is 1. The van der Waals surface area contributed by atoms with Crippen LogP contribution < -0.4 is 4.74 Å². The molecule has 0 spiro atoms. The van der Waals surface area contributed by atoms with Crippen molar-refractivity contribution in [1.29, 1.82) is 0 Å². The highest BCUT2D eigenvalue weighted by molar-refractivity contribution is 5.27. The van der Waals surface area contributed by atoms with E-state index in [1.165, 1.54) is 20.1 Å². The normalized spacial score (nSPS) is 12.7. The molecule has 1 heterocycles.